The lowest BCUT2D eigenvalue weighted by molar-refractivity contribution is 0.219. The maximum atomic E-state index is 9.33. The molecule has 0 aliphatic rings. The minimum Gasteiger partial charge on any atom is -0.394 e. The van der Waals surface area contributed by atoms with Crippen molar-refractivity contribution in [3.05, 3.63) is 29.3 Å². The highest BCUT2D eigenvalue weighted by Gasteiger charge is 2.21. The van der Waals surface area contributed by atoms with Crippen molar-refractivity contribution < 1.29 is 5.11 Å². The molecule has 0 saturated carbocycles. The summed E-state index contributed by atoms with van der Waals surface area (Å²) in [5.74, 6) is 0. The summed E-state index contributed by atoms with van der Waals surface area (Å²) < 4.78 is 0. The number of rotatable bonds is 4. The molecule has 86 valence electrons. The summed E-state index contributed by atoms with van der Waals surface area (Å²) in [4.78, 5) is 0. The lowest BCUT2D eigenvalue weighted by Gasteiger charge is -2.29. The number of aliphatic hydroxyl groups is 1. The molecule has 1 aromatic carbocycles. The first kappa shape index (κ1) is 12.5. The van der Waals surface area contributed by atoms with E-state index in [1.165, 1.54) is 0 Å². The van der Waals surface area contributed by atoms with Crippen LogP contribution in [0.15, 0.2) is 18.2 Å². The highest BCUT2D eigenvalue weighted by Crippen LogP contribution is 2.22. The lowest BCUT2D eigenvalue weighted by atomic mass is 9.98. The van der Waals surface area contributed by atoms with Crippen molar-refractivity contribution in [3.8, 4) is 6.07 Å². The maximum Gasteiger partial charge on any atom is 0.101 e. The Hall–Kier alpha value is -1.53. The van der Waals surface area contributed by atoms with Crippen LogP contribution in [0.25, 0.3) is 0 Å². The first-order chi connectivity index (χ1) is 7.54. The summed E-state index contributed by atoms with van der Waals surface area (Å²) >= 11 is 0. The third kappa shape index (κ3) is 2.74. The molecule has 0 aromatic heterocycles. The van der Waals surface area contributed by atoms with Crippen LogP contribution in [-0.2, 0) is 0 Å². The van der Waals surface area contributed by atoms with E-state index in [2.05, 4.69) is 11.4 Å². The number of nitrogens with zero attached hydrogens (tertiary/aromatic N) is 1. The van der Waals surface area contributed by atoms with Crippen molar-refractivity contribution >= 4 is 5.69 Å². The molecule has 3 nitrogen and oxygen atoms in total. The molecule has 0 saturated heterocycles. The number of aliphatic hydroxyl groups excluding tert-OH is 1. The first-order valence-corrected chi connectivity index (χ1v) is 5.44. The van der Waals surface area contributed by atoms with Crippen LogP contribution in [-0.4, -0.2) is 17.3 Å². The Morgan fingerprint density at radius 2 is 2.19 bits per heavy atom. The van der Waals surface area contributed by atoms with Crippen LogP contribution in [0.3, 0.4) is 0 Å². The van der Waals surface area contributed by atoms with Gasteiger partial charge >= 0.3 is 0 Å². The summed E-state index contributed by atoms with van der Waals surface area (Å²) in [6.07, 6.45) is 0.794. The van der Waals surface area contributed by atoms with Crippen molar-refractivity contribution in [2.45, 2.75) is 32.7 Å². The Balaban J connectivity index is 3.05. The van der Waals surface area contributed by atoms with Crippen LogP contribution in [0.4, 0.5) is 5.69 Å². The molecule has 1 aromatic rings. The third-order valence-electron chi connectivity index (χ3n) is 2.86. The van der Waals surface area contributed by atoms with Crippen LogP contribution in [0.5, 0.6) is 0 Å². The summed E-state index contributed by atoms with van der Waals surface area (Å²) in [5, 5.41) is 21.6. The Morgan fingerprint density at radius 1 is 1.50 bits per heavy atom. The van der Waals surface area contributed by atoms with Crippen LogP contribution < -0.4 is 5.32 Å². The van der Waals surface area contributed by atoms with Crippen molar-refractivity contribution in [1.82, 2.24) is 0 Å². The number of benzene rings is 1. The standard InChI is InChI=1S/C13H18N2O/c1-4-13(3,9-16)15-12-7-10(2)5-6-11(12)8-14/h5-7,15-16H,4,9H2,1-3H3. The largest absolute Gasteiger partial charge is 0.394 e. The van der Waals surface area contributed by atoms with Gasteiger partial charge in [-0.25, -0.2) is 0 Å². The second kappa shape index (κ2) is 5.00. The minimum absolute atomic E-state index is 0.0440. The van der Waals surface area contributed by atoms with Gasteiger partial charge in [0.2, 0.25) is 0 Å². The molecule has 0 aliphatic heterocycles. The van der Waals surface area contributed by atoms with E-state index in [1.54, 1.807) is 6.07 Å². The zero-order valence-electron chi connectivity index (χ0n) is 10.0. The van der Waals surface area contributed by atoms with Gasteiger partial charge in [-0.15, -0.1) is 0 Å². The van der Waals surface area contributed by atoms with Gasteiger partial charge in [0.1, 0.15) is 6.07 Å². The van der Waals surface area contributed by atoms with Crippen molar-refractivity contribution in [2.24, 2.45) is 0 Å². The molecule has 0 bridgehead atoms. The Bertz CT molecular complexity index is 403. The Morgan fingerprint density at radius 3 is 2.69 bits per heavy atom. The van der Waals surface area contributed by atoms with Crippen LogP contribution in [0, 0.1) is 18.3 Å². The summed E-state index contributed by atoms with van der Waals surface area (Å²) in [5.41, 5.74) is 2.12. The number of nitrogens with one attached hydrogen (secondary N) is 1. The molecular weight excluding hydrogens is 200 g/mol. The molecule has 0 fully saturated rings. The van der Waals surface area contributed by atoms with Crippen LogP contribution >= 0.6 is 0 Å². The van der Waals surface area contributed by atoms with E-state index in [9.17, 15) is 5.11 Å². The zero-order valence-corrected chi connectivity index (χ0v) is 10.0. The molecule has 1 unspecified atom stereocenters. The van der Waals surface area contributed by atoms with Gasteiger partial charge in [-0.1, -0.05) is 13.0 Å². The lowest BCUT2D eigenvalue weighted by Crippen LogP contribution is -2.38. The van der Waals surface area contributed by atoms with Gasteiger partial charge in [-0.2, -0.15) is 5.26 Å². The monoisotopic (exact) mass is 218 g/mol. The van der Waals surface area contributed by atoms with E-state index in [1.807, 2.05) is 32.9 Å². The average molecular weight is 218 g/mol. The van der Waals surface area contributed by atoms with E-state index in [4.69, 9.17) is 5.26 Å². The molecule has 3 heteroatoms. The van der Waals surface area contributed by atoms with Gasteiger partial charge in [0, 0.05) is 0 Å². The quantitative estimate of drug-likeness (QED) is 0.816. The summed E-state index contributed by atoms with van der Waals surface area (Å²) in [7, 11) is 0. The second-order valence-corrected chi connectivity index (χ2v) is 4.36. The number of nitriles is 1. The molecule has 0 radical (unpaired) electrons. The zero-order chi connectivity index (χ0) is 12.2. The molecular formula is C13H18N2O. The minimum atomic E-state index is -0.376. The van der Waals surface area contributed by atoms with Crippen molar-refractivity contribution in [1.29, 1.82) is 5.26 Å². The highest BCUT2D eigenvalue weighted by atomic mass is 16.3. The number of anilines is 1. The maximum absolute atomic E-state index is 9.33. The van der Waals surface area contributed by atoms with E-state index in [0.717, 1.165) is 17.7 Å². The van der Waals surface area contributed by atoms with Crippen LogP contribution in [0.1, 0.15) is 31.4 Å². The predicted octanol–water partition coefficient (Wildman–Crippen LogP) is 2.44. The van der Waals surface area contributed by atoms with E-state index in [0.29, 0.717) is 5.56 Å². The Kier molecular flexibility index (Phi) is 3.92. The van der Waals surface area contributed by atoms with Gasteiger partial charge in [-0.05, 0) is 38.0 Å². The molecule has 16 heavy (non-hydrogen) atoms. The first-order valence-electron chi connectivity index (χ1n) is 5.44. The van der Waals surface area contributed by atoms with Crippen molar-refractivity contribution in [2.75, 3.05) is 11.9 Å². The fourth-order valence-electron chi connectivity index (χ4n) is 1.42. The highest BCUT2D eigenvalue weighted by molar-refractivity contribution is 5.60. The molecule has 0 amide bonds. The number of hydrogen-bond donors (Lipinski definition) is 2. The van der Waals surface area contributed by atoms with E-state index < -0.39 is 0 Å². The SMILES string of the molecule is CCC(C)(CO)Nc1cc(C)ccc1C#N. The average Bonchev–Trinajstić information content (AvgIpc) is 2.29. The van der Waals surface area contributed by atoms with Crippen LogP contribution in [0.2, 0.25) is 0 Å². The molecule has 0 heterocycles. The Labute approximate surface area is 96.7 Å². The number of aryl methyl sites for hydroxylation is 1. The van der Waals surface area contributed by atoms with Gasteiger partial charge in [0.15, 0.2) is 0 Å². The second-order valence-electron chi connectivity index (χ2n) is 4.36. The van der Waals surface area contributed by atoms with Gasteiger partial charge in [0.25, 0.3) is 0 Å². The fourth-order valence-corrected chi connectivity index (χ4v) is 1.42. The number of hydrogen-bond acceptors (Lipinski definition) is 3. The smallest absolute Gasteiger partial charge is 0.101 e. The van der Waals surface area contributed by atoms with Gasteiger partial charge < -0.3 is 10.4 Å². The predicted molar refractivity (Wildman–Crippen MR) is 65.3 cm³/mol. The molecule has 1 atom stereocenters. The van der Waals surface area contributed by atoms with Crippen molar-refractivity contribution in [3.63, 3.8) is 0 Å². The molecule has 0 aliphatic carbocycles. The summed E-state index contributed by atoms with van der Waals surface area (Å²) in [6.45, 7) is 5.97. The van der Waals surface area contributed by atoms with E-state index in [-0.39, 0.29) is 12.1 Å². The summed E-state index contributed by atoms with van der Waals surface area (Å²) in [6, 6.07) is 7.79. The normalized spacial score (nSPS) is 13.9. The topological polar surface area (TPSA) is 56.0 Å². The fraction of sp³-hybridized carbons (Fsp3) is 0.462. The molecule has 2 N–H and O–H groups in total. The van der Waals surface area contributed by atoms with E-state index >= 15 is 0 Å². The molecule has 1 rings (SSSR count). The van der Waals surface area contributed by atoms with Gasteiger partial charge in [0.05, 0.1) is 23.4 Å². The molecule has 0 spiro atoms. The van der Waals surface area contributed by atoms with Gasteiger partial charge in [-0.3, -0.25) is 0 Å². The third-order valence-corrected chi connectivity index (χ3v) is 2.86.